The van der Waals surface area contributed by atoms with Gasteiger partial charge in [-0.05, 0) is 6.07 Å². The average molecular weight is 179 g/mol. The normalized spacial score (nSPS) is 27.7. The maximum atomic E-state index is 11.1. The molecule has 1 atom stereocenters. The zero-order chi connectivity index (χ0) is 9.47. The van der Waals surface area contributed by atoms with Crippen LogP contribution in [-0.4, -0.2) is 22.2 Å². The Morgan fingerprint density at radius 2 is 2.46 bits per heavy atom. The summed E-state index contributed by atoms with van der Waals surface area (Å²) >= 11 is 0. The van der Waals surface area contributed by atoms with Gasteiger partial charge in [-0.1, -0.05) is 6.92 Å². The fraction of sp³-hybridized carbons (Fsp3) is 0.556. The van der Waals surface area contributed by atoms with E-state index in [-0.39, 0.29) is 11.3 Å². The molecule has 1 amide bonds. The number of aryl methyl sites for hydroxylation is 1. The van der Waals surface area contributed by atoms with Gasteiger partial charge in [0.1, 0.15) is 0 Å². The van der Waals surface area contributed by atoms with E-state index in [4.69, 9.17) is 0 Å². The van der Waals surface area contributed by atoms with Gasteiger partial charge in [0.25, 0.3) is 0 Å². The highest BCUT2D eigenvalue weighted by Gasteiger charge is 2.37. The summed E-state index contributed by atoms with van der Waals surface area (Å²) in [6.45, 7) is 2.76. The van der Waals surface area contributed by atoms with Gasteiger partial charge >= 0.3 is 0 Å². The van der Waals surface area contributed by atoms with Crippen LogP contribution in [0.3, 0.4) is 0 Å². The largest absolute Gasteiger partial charge is 0.355 e. The third kappa shape index (κ3) is 1.32. The van der Waals surface area contributed by atoms with Gasteiger partial charge in [0.05, 0.1) is 5.69 Å². The van der Waals surface area contributed by atoms with Crippen LogP contribution in [0.15, 0.2) is 12.3 Å². The number of amides is 1. The van der Waals surface area contributed by atoms with Gasteiger partial charge in [-0.3, -0.25) is 9.48 Å². The molecule has 2 rings (SSSR count). The Kier molecular flexibility index (Phi) is 1.65. The van der Waals surface area contributed by atoms with Crippen molar-refractivity contribution in [3.05, 3.63) is 18.0 Å². The molecule has 0 spiro atoms. The molecular formula is C9H13N3O. The molecule has 13 heavy (non-hydrogen) atoms. The van der Waals surface area contributed by atoms with Crippen molar-refractivity contribution in [2.45, 2.75) is 18.8 Å². The molecule has 1 aromatic heterocycles. The van der Waals surface area contributed by atoms with E-state index in [1.54, 1.807) is 4.68 Å². The lowest BCUT2D eigenvalue weighted by Crippen LogP contribution is -2.25. The number of carbonyl (C=O) groups is 1. The van der Waals surface area contributed by atoms with E-state index in [0.29, 0.717) is 13.0 Å². The van der Waals surface area contributed by atoms with E-state index >= 15 is 0 Å². The minimum absolute atomic E-state index is 0.113. The molecule has 1 fully saturated rings. The minimum Gasteiger partial charge on any atom is -0.355 e. The summed E-state index contributed by atoms with van der Waals surface area (Å²) in [5, 5.41) is 7.15. The van der Waals surface area contributed by atoms with Gasteiger partial charge in [-0.25, -0.2) is 0 Å². The molecule has 2 heterocycles. The Balaban J connectivity index is 2.30. The molecule has 0 aromatic carbocycles. The highest BCUT2D eigenvalue weighted by molar-refractivity contribution is 5.80. The van der Waals surface area contributed by atoms with Crippen molar-refractivity contribution in [1.29, 1.82) is 0 Å². The van der Waals surface area contributed by atoms with E-state index in [1.165, 1.54) is 0 Å². The first-order valence-corrected chi connectivity index (χ1v) is 4.37. The smallest absolute Gasteiger partial charge is 0.221 e. The Labute approximate surface area is 76.9 Å². The fourth-order valence-corrected chi connectivity index (χ4v) is 1.69. The van der Waals surface area contributed by atoms with Crippen LogP contribution in [0.25, 0.3) is 0 Å². The highest BCUT2D eigenvalue weighted by Crippen LogP contribution is 2.28. The second-order valence-electron chi connectivity index (χ2n) is 3.89. The lowest BCUT2D eigenvalue weighted by atomic mass is 9.86. The summed E-state index contributed by atoms with van der Waals surface area (Å²) in [6, 6.07) is 1.97. The molecule has 1 aliphatic rings. The van der Waals surface area contributed by atoms with Gasteiger partial charge in [0, 0.05) is 31.6 Å². The first-order valence-electron chi connectivity index (χ1n) is 4.37. The van der Waals surface area contributed by atoms with Crippen LogP contribution in [-0.2, 0) is 17.3 Å². The minimum atomic E-state index is -0.113. The first kappa shape index (κ1) is 8.29. The van der Waals surface area contributed by atoms with Crippen LogP contribution < -0.4 is 5.32 Å². The first-order chi connectivity index (χ1) is 6.10. The second kappa shape index (κ2) is 2.58. The lowest BCUT2D eigenvalue weighted by molar-refractivity contribution is -0.119. The van der Waals surface area contributed by atoms with Crippen molar-refractivity contribution in [3.63, 3.8) is 0 Å². The zero-order valence-corrected chi connectivity index (χ0v) is 7.87. The van der Waals surface area contributed by atoms with Gasteiger partial charge < -0.3 is 5.32 Å². The van der Waals surface area contributed by atoms with Crippen LogP contribution in [0.4, 0.5) is 0 Å². The topological polar surface area (TPSA) is 46.9 Å². The summed E-state index contributed by atoms with van der Waals surface area (Å²) in [5.41, 5.74) is 0.881. The van der Waals surface area contributed by atoms with Crippen LogP contribution >= 0.6 is 0 Å². The molecule has 0 saturated carbocycles. The maximum Gasteiger partial charge on any atom is 0.221 e. The third-order valence-corrected chi connectivity index (χ3v) is 2.56. The predicted molar refractivity (Wildman–Crippen MR) is 48.2 cm³/mol. The van der Waals surface area contributed by atoms with Crippen molar-refractivity contribution < 1.29 is 4.79 Å². The molecule has 0 aliphatic carbocycles. The third-order valence-electron chi connectivity index (χ3n) is 2.56. The number of nitrogens with zero attached hydrogens (tertiary/aromatic N) is 2. The van der Waals surface area contributed by atoms with Crippen LogP contribution in [0.5, 0.6) is 0 Å². The van der Waals surface area contributed by atoms with Crippen LogP contribution in [0, 0.1) is 0 Å². The van der Waals surface area contributed by atoms with E-state index in [1.807, 2.05) is 19.3 Å². The molecular weight excluding hydrogens is 166 g/mol. The Bertz CT molecular complexity index is 344. The average Bonchev–Trinajstić information content (AvgIpc) is 2.60. The highest BCUT2D eigenvalue weighted by atomic mass is 16.1. The molecule has 1 aromatic rings. The Hall–Kier alpha value is -1.32. The number of nitrogens with one attached hydrogen (secondary N) is 1. The predicted octanol–water partition coefficient (Wildman–Crippen LogP) is 0.198. The number of rotatable bonds is 1. The van der Waals surface area contributed by atoms with Crippen molar-refractivity contribution in [2.75, 3.05) is 6.54 Å². The van der Waals surface area contributed by atoms with Gasteiger partial charge in [-0.15, -0.1) is 0 Å². The summed E-state index contributed by atoms with van der Waals surface area (Å²) in [4.78, 5) is 11.1. The summed E-state index contributed by atoms with van der Waals surface area (Å²) < 4.78 is 1.77. The van der Waals surface area contributed by atoms with Crippen LogP contribution in [0.1, 0.15) is 19.0 Å². The number of aromatic nitrogens is 2. The van der Waals surface area contributed by atoms with E-state index < -0.39 is 0 Å². The molecule has 1 N–H and O–H groups in total. The second-order valence-corrected chi connectivity index (χ2v) is 3.89. The lowest BCUT2D eigenvalue weighted by Gasteiger charge is -2.17. The Morgan fingerprint density at radius 1 is 1.69 bits per heavy atom. The molecule has 1 saturated heterocycles. The molecule has 70 valence electrons. The number of hydrogen-bond acceptors (Lipinski definition) is 2. The zero-order valence-electron chi connectivity index (χ0n) is 7.87. The van der Waals surface area contributed by atoms with Crippen molar-refractivity contribution in [1.82, 2.24) is 15.1 Å². The van der Waals surface area contributed by atoms with Crippen molar-refractivity contribution in [3.8, 4) is 0 Å². The SMILES string of the molecule is Cn1ccc(C2(C)CNC(=O)C2)n1. The van der Waals surface area contributed by atoms with Gasteiger partial charge in [-0.2, -0.15) is 5.10 Å². The monoisotopic (exact) mass is 179 g/mol. The summed E-state index contributed by atoms with van der Waals surface area (Å²) in [6.07, 6.45) is 2.45. The van der Waals surface area contributed by atoms with Gasteiger partial charge in [0.2, 0.25) is 5.91 Å². The molecule has 4 heteroatoms. The van der Waals surface area contributed by atoms with Gasteiger partial charge in [0.15, 0.2) is 0 Å². The maximum absolute atomic E-state index is 11.1. The number of hydrogen-bond donors (Lipinski definition) is 1. The standard InChI is InChI=1S/C9H13N3O/c1-9(5-8(13)10-6-9)7-3-4-12(2)11-7/h3-4H,5-6H2,1-2H3,(H,10,13). The molecule has 1 unspecified atom stereocenters. The molecule has 4 nitrogen and oxygen atoms in total. The quantitative estimate of drug-likeness (QED) is 0.669. The molecule has 0 bridgehead atoms. The Morgan fingerprint density at radius 3 is 2.92 bits per heavy atom. The summed E-state index contributed by atoms with van der Waals surface area (Å²) in [5.74, 6) is 0.119. The molecule has 0 radical (unpaired) electrons. The van der Waals surface area contributed by atoms with Crippen molar-refractivity contribution >= 4 is 5.91 Å². The summed E-state index contributed by atoms with van der Waals surface area (Å²) in [7, 11) is 1.89. The fourth-order valence-electron chi connectivity index (χ4n) is 1.69. The van der Waals surface area contributed by atoms with E-state index in [0.717, 1.165) is 5.69 Å². The van der Waals surface area contributed by atoms with E-state index in [2.05, 4.69) is 17.3 Å². The van der Waals surface area contributed by atoms with E-state index in [9.17, 15) is 4.79 Å². The number of carbonyl (C=O) groups excluding carboxylic acids is 1. The van der Waals surface area contributed by atoms with Crippen LogP contribution in [0.2, 0.25) is 0 Å². The molecule has 1 aliphatic heterocycles. The van der Waals surface area contributed by atoms with Crippen molar-refractivity contribution in [2.24, 2.45) is 7.05 Å².